The van der Waals surface area contributed by atoms with Crippen LogP contribution in [0.3, 0.4) is 0 Å². The van der Waals surface area contributed by atoms with Gasteiger partial charge in [0.05, 0.1) is 6.26 Å². The Bertz CT molecular complexity index is 536. The Hall–Kier alpha value is -1.53. The standard InChI is InChI=1S/C18H27N3O3.ClH/c22-17(4-3-14-5-9-19-10-6-14)20-15-7-11-21(12-8-15)18(23)16-2-1-13-24-16;/h1-2,13-15,19H,3-12H2,(H,20,22);1H. The van der Waals surface area contributed by atoms with E-state index in [0.29, 0.717) is 31.2 Å². The van der Waals surface area contributed by atoms with Gasteiger partial charge in [0.1, 0.15) is 0 Å². The fourth-order valence-corrected chi connectivity index (χ4v) is 3.59. The second-order valence-corrected chi connectivity index (χ2v) is 6.84. The Balaban J connectivity index is 0.00000225. The van der Waals surface area contributed by atoms with Crippen molar-refractivity contribution >= 4 is 24.2 Å². The lowest BCUT2D eigenvalue weighted by Gasteiger charge is -2.32. The van der Waals surface area contributed by atoms with Crippen molar-refractivity contribution in [2.24, 2.45) is 5.92 Å². The summed E-state index contributed by atoms with van der Waals surface area (Å²) in [6.45, 7) is 3.49. The monoisotopic (exact) mass is 369 g/mol. The van der Waals surface area contributed by atoms with E-state index >= 15 is 0 Å². The Morgan fingerprint density at radius 2 is 1.92 bits per heavy atom. The molecule has 3 rings (SSSR count). The fourth-order valence-electron chi connectivity index (χ4n) is 3.59. The fraction of sp³-hybridized carbons (Fsp3) is 0.667. The number of halogens is 1. The number of carbonyl (C=O) groups is 2. The Morgan fingerprint density at radius 1 is 1.20 bits per heavy atom. The molecule has 7 heteroatoms. The molecule has 3 heterocycles. The van der Waals surface area contributed by atoms with Crippen LogP contribution in [0.4, 0.5) is 0 Å². The molecule has 1 aromatic rings. The van der Waals surface area contributed by atoms with Gasteiger partial charge < -0.3 is 20.0 Å². The van der Waals surface area contributed by atoms with Gasteiger partial charge in [-0.2, -0.15) is 0 Å². The molecule has 1 aromatic heterocycles. The highest BCUT2D eigenvalue weighted by atomic mass is 35.5. The first-order chi connectivity index (χ1) is 11.7. The zero-order chi connectivity index (χ0) is 16.8. The molecule has 0 aliphatic carbocycles. The predicted molar refractivity (Wildman–Crippen MR) is 97.9 cm³/mol. The maximum Gasteiger partial charge on any atom is 0.289 e. The van der Waals surface area contributed by atoms with Crippen molar-refractivity contribution < 1.29 is 14.0 Å². The first-order valence-corrected chi connectivity index (χ1v) is 9.05. The molecular weight excluding hydrogens is 342 g/mol. The average Bonchev–Trinajstić information content (AvgIpc) is 3.16. The zero-order valence-corrected chi connectivity index (χ0v) is 15.4. The van der Waals surface area contributed by atoms with Crippen LogP contribution < -0.4 is 10.6 Å². The van der Waals surface area contributed by atoms with Crippen molar-refractivity contribution in [3.8, 4) is 0 Å². The third-order valence-corrected chi connectivity index (χ3v) is 5.12. The highest BCUT2D eigenvalue weighted by Crippen LogP contribution is 2.18. The van der Waals surface area contributed by atoms with E-state index in [1.54, 1.807) is 17.0 Å². The number of rotatable bonds is 5. The molecule has 2 amide bonds. The summed E-state index contributed by atoms with van der Waals surface area (Å²) in [5, 5.41) is 6.49. The van der Waals surface area contributed by atoms with Crippen LogP contribution in [-0.2, 0) is 4.79 Å². The van der Waals surface area contributed by atoms with Crippen molar-refractivity contribution in [2.45, 2.75) is 44.6 Å². The summed E-state index contributed by atoms with van der Waals surface area (Å²) in [5.74, 6) is 1.17. The topological polar surface area (TPSA) is 74.6 Å². The first-order valence-electron chi connectivity index (χ1n) is 9.05. The average molecular weight is 370 g/mol. The summed E-state index contributed by atoms with van der Waals surface area (Å²) in [4.78, 5) is 26.1. The van der Waals surface area contributed by atoms with Crippen LogP contribution in [0.2, 0.25) is 0 Å². The molecule has 2 fully saturated rings. The molecule has 6 nitrogen and oxygen atoms in total. The van der Waals surface area contributed by atoms with E-state index in [-0.39, 0.29) is 30.3 Å². The number of hydrogen-bond acceptors (Lipinski definition) is 4. The minimum atomic E-state index is -0.0596. The highest BCUT2D eigenvalue weighted by molar-refractivity contribution is 5.91. The predicted octanol–water partition coefficient (Wildman–Crippen LogP) is 2.20. The minimum absolute atomic E-state index is 0. The number of nitrogens with one attached hydrogen (secondary N) is 2. The Labute approximate surface area is 155 Å². The van der Waals surface area contributed by atoms with Crippen molar-refractivity contribution in [1.82, 2.24) is 15.5 Å². The maximum absolute atomic E-state index is 12.2. The molecule has 0 radical (unpaired) electrons. The largest absolute Gasteiger partial charge is 0.459 e. The molecule has 0 atom stereocenters. The van der Waals surface area contributed by atoms with Crippen LogP contribution in [-0.4, -0.2) is 48.9 Å². The number of nitrogens with zero attached hydrogens (tertiary/aromatic N) is 1. The van der Waals surface area contributed by atoms with Gasteiger partial charge in [0.15, 0.2) is 5.76 Å². The summed E-state index contributed by atoms with van der Waals surface area (Å²) < 4.78 is 5.16. The van der Waals surface area contributed by atoms with Crippen molar-refractivity contribution in [2.75, 3.05) is 26.2 Å². The quantitative estimate of drug-likeness (QED) is 0.834. The molecule has 25 heavy (non-hydrogen) atoms. The molecule has 2 aliphatic heterocycles. The maximum atomic E-state index is 12.2. The van der Waals surface area contributed by atoms with Crippen LogP contribution in [0.25, 0.3) is 0 Å². The second-order valence-electron chi connectivity index (χ2n) is 6.84. The Kier molecular flexibility index (Phi) is 7.78. The zero-order valence-electron chi connectivity index (χ0n) is 14.5. The minimum Gasteiger partial charge on any atom is -0.459 e. The number of furan rings is 1. The van der Waals surface area contributed by atoms with Crippen LogP contribution in [0.15, 0.2) is 22.8 Å². The van der Waals surface area contributed by atoms with Crippen molar-refractivity contribution in [3.05, 3.63) is 24.2 Å². The molecular formula is C18H28ClN3O3. The van der Waals surface area contributed by atoms with Gasteiger partial charge in [-0.1, -0.05) is 0 Å². The van der Waals surface area contributed by atoms with Gasteiger partial charge in [-0.3, -0.25) is 9.59 Å². The molecule has 140 valence electrons. The molecule has 0 unspecified atom stereocenters. The third kappa shape index (κ3) is 5.75. The first kappa shape index (κ1) is 19.8. The van der Waals surface area contributed by atoms with E-state index in [9.17, 15) is 9.59 Å². The second kappa shape index (κ2) is 9.82. The number of piperidine rings is 2. The lowest BCUT2D eigenvalue weighted by molar-refractivity contribution is -0.122. The van der Waals surface area contributed by atoms with Gasteiger partial charge in [-0.05, 0) is 63.2 Å². The van der Waals surface area contributed by atoms with Gasteiger partial charge in [0.25, 0.3) is 5.91 Å². The van der Waals surface area contributed by atoms with Gasteiger partial charge in [-0.15, -0.1) is 12.4 Å². The number of carbonyl (C=O) groups excluding carboxylic acids is 2. The van der Waals surface area contributed by atoms with Crippen LogP contribution >= 0.6 is 12.4 Å². The molecule has 0 spiro atoms. The molecule has 2 aliphatic rings. The van der Waals surface area contributed by atoms with E-state index in [1.807, 2.05) is 0 Å². The van der Waals surface area contributed by atoms with E-state index in [1.165, 1.54) is 19.1 Å². The van der Waals surface area contributed by atoms with E-state index in [2.05, 4.69) is 10.6 Å². The molecule has 2 saturated heterocycles. The molecule has 0 bridgehead atoms. The summed E-state index contributed by atoms with van der Waals surface area (Å²) in [7, 11) is 0. The number of amides is 2. The summed E-state index contributed by atoms with van der Waals surface area (Å²) in [5.41, 5.74) is 0. The van der Waals surface area contributed by atoms with Crippen LogP contribution in [0.1, 0.15) is 49.1 Å². The van der Waals surface area contributed by atoms with Gasteiger partial charge in [-0.25, -0.2) is 0 Å². The van der Waals surface area contributed by atoms with Crippen LogP contribution in [0.5, 0.6) is 0 Å². The van der Waals surface area contributed by atoms with Gasteiger partial charge in [0, 0.05) is 25.6 Å². The lowest BCUT2D eigenvalue weighted by Crippen LogP contribution is -2.46. The third-order valence-electron chi connectivity index (χ3n) is 5.12. The van der Waals surface area contributed by atoms with E-state index in [4.69, 9.17) is 4.42 Å². The van der Waals surface area contributed by atoms with Crippen LogP contribution in [0, 0.1) is 5.92 Å². The summed E-state index contributed by atoms with van der Waals surface area (Å²) >= 11 is 0. The normalized spacial score (nSPS) is 19.3. The van der Waals surface area contributed by atoms with Gasteiger partial charge in [0.2, 0.25) is 5.91 Å². The van der Waals surface area contributed by atoms with Gasteiger partial charge >= 0.3 is 0 Å². The summed E-state index contributed by atoms with van der Waals surface area (Å²) in [6.07, 6.45) is 7.11. The number of likely N-dealkylation sites (tertiary alicyclic amines) is 1. The Morgan fingerprint density at radius 3 is 2.56 bits per heavy atom. The van der Waals surface area contributed by atoms with E-state index in [0.717, 1.165) is 32.4 Å². The van der Waals surface area contributed by atoms with E-state index < -0.39 is 0 Å². The number of hydrogen-bond donors (Lipinski definition) is 2. The highest BCUT2D eigenvalue weighted by Gasteiger charge is 2.26. The van der Waals surface area contributed by atoms with Crippen molar-refractivity contribution in [1.29, 1.82) is 0 Å². The summed E-state index contributed by atoms with van der Waals surface area (Å²) in [6, 6.07) is 3.60. The molecule has 0 aromatic carbocycles. The van der Waals surface area contributed by atoms with Crippen molar-refractivity contribution in [3.63, 3.8) is 0 Å². The smallest absolute Gasteiger partial charge is 0.289 e. The molecule has 0 saturated carbocycles. The molecule has 2 N–H and O–H groups in total. The lowest BCUT2D eigenvalue weighted by atomic mass is 9.93. The SMILES string of the molecule is Cl.O=C(CCC1CCNCC1)NC1CCN(C(=O)c2ccco2)CC1.